The van der Waals surface area contributed by atoms with Crippen molar-refractivity contribution in [3.8, 4) is 0 Å². The summed E-state index contributed by atoms with van der Waals surface area (Å²) >= 11 is 0. The minimum atomic E-state index is -2.91. The van der Waals surface area contributed by atoms with Crippen LogP contribution in [-0.4, -0.2) is 30.3 Å². The average Bonchev–Trinajstić information content (AvgIpc) is 3.03. The summed E-state index contributed by atoms with van der Waals surface area (Å²) < 4.78 is 24.2. The van der Waals surface area contributed by atoms with E-state index in [1.165, 1.54) is 17.5 Å². The summed E-state index contributed by atoms with van der Waals surface area (Å²) in [5.41, 5.74) is 4.58. The molecule has 3 rings (SSSR count). The van der Waals surface area contributed by atoms with E-state index in [9.17, 15) is 8.42 Å². The lowest BCUT2D eigenvalue weighted by Gasteiger charge is -2.29. The Balaban J connectivity index is 1.47. The van der Waals surface area contributed by atoms with E-state index in [0.717, 1.165) is 62.1 Å². The lowest BCUT2D eigenvalue weighted by Crippen LogP contribution is -2.26. The third kappa shape index (κ3) is 4.48. The van der Waals surface area contributed by atoms with E-state index in [2.05, 4.69) is 23.4 Å². The normalized spacial score (nSPS) is 25.0. The number of hydrogen-bond donors (Lipinski definition) is 1. The zero-order valence-electron chi connectivity index (χ0n) is 15.9. The van der Waals surface area contributed by atoms with Crippen LogP contribution in [-0.2, 0) is 22.7 Å². The fraction of sp³-hybridized carbons (Fsp3) is 0.667. The first kappa shape index (κ1) is 19.4. The number of oxime groups is 1. The van der Waals surface area contributed by atoms with Crippen LogP contribution >= 0.6 is 0 Å². The van der Waals surface area contributed by atoms with Crippen molar-refractivity contribution in [2.75, 3.05) is 5.75 Å². The van der Waals surface area contributed by atoms with Gasteiger partial charge in [-0.3, -0.25) is 0 Å². The van der Waals surface area contributed by atoms with Gasteiger partial charge in [-0.25, -0.2) is 8.42 Å². The molecule has 2 aliphatic rings. The van der Waals surface area contributed by atoms with Crippen LogP contribution in [0.5, 0.6) is 0 Å². The Hall–Kier alpha value is -1.36. The maximum atomic E-state index is 12.1. The van der Waals surface area contributed by atoms with Gasteiger partial charge in [0.1, 0.15) is 0 Å². The predicted octanol–water partition coefficient (Wildman–Crippen LogP) is 4.37. The smallest absolute Gasteiger partial charge is 0.152 e. The molecule has 0 aliphatic heterocycles. The van der Waals surface area contributed by atoms with Crippen LogP contribution in [0.15, 0.2) is 23.4 Å². The van der Waals surface area contributed by atoms with E-state index < -0.39 is 9.84 Å². The first-order valence-electron chi connectivity index (χ1n) is 9.93. The highest BCUT2D eigenvalue weighted by atomic mass is 32.2. The molecule has 0 atom stereocenters. The minimum absolute atomic E-state index is 0.253. The summed E-state index contributed by atoms with van der Waals surface area (Å²) in [6.07, 6.45) is 8.49. The van der Waals surface area contributed by atoms with Crippen molar-refractivity contribution >= 4 is 15.5 Å². The second kappa shape index (κ2) is 8.12. The molecule has 0 saturated heterocycles. The number of hydrogen-bond acceptors (Lipinski definition) is 4. The van der Waals surface area contributed by atoms with Crippen LogP contribution in [0.25, 0.3) is 0 Å². The first-order chi connectivity index (χ1) is 12.4. The molecule has 0 radical (unpaired) electrons. The van der Waals surface area contributed by atoms with Crippen LogP contribution in [0.3, 0.4) is 0 Å². The van der Waals surface area contributed by atoms with Gasteiger partial charge in [0, 0.05) is 5.56 Å². The Morgan fingerprint density at radius 1 is 1.12 bits per heavy atom. The molecule has 0 heterocycles. The molecule has 0 unspecified atom stereocenters. The number of rotatable bonds is 6. The number of nitrogens with zero attached hydrogens (tertiary/aromatic N) is 1. The van der Waals surface area contributed by atoms with Crippen LogP contribution in [0, 0.1) is 11.8 Å². The molecular formula is C21H31NO3S. The van der Waals surface area contributed by atoms with Crippen molar-refractivity contribution < 1.29 is 13.6 Å². The fourth-order valence-electron chi connectivity index (χ4n) is 4.36. The molecule has 1 saturated carbocycles. The molecular weight excluding hydrogens is 346 g/mol. The third-order valence-corrected chi connectivity index (χ3v) is 8.60. The van der Waals surface area contributed by atoms with Crippen molar-refractivity contribution in [1.29, 1.82) is 0 Å². The van der Waals surface area contributed by atoms with E-state index in [-0.39, 0.29) is 5.25 Å². The van der Waals surface area contributed by atoms with Gasteiger partial charge in [-0.1, -0.05) is 36.2 Å². The lowest BCUT2D eigenvalue weighted by atomic mass is 9.80. The molecule has 144 valence electrons. The third-order valence-electron chi connectivity index (χ3n) is 6.23. The Bertz CT molecular complexity index is 759. The molecule has 1 fully saturated rings. The van der Waals surface area contributed by atoms with Gasteiger partial charge in [-0.2, -0.15) is 0 Å². The number of fused-ring (bicyclic) bond motifs is 1. The Labute approximate surface area is 157 Å². The van der Waals surface area contributed by atoms with E-state index >= 15 is 0 Å². The van der Waals surface area contributed by atoms with Crippen LogP contribution in [0.4, 0.5) is 0 Å². The van der Waals surface area contributed by atoms with Gasteiger partial charge >= 0.3 is 0 Å². The fourth-order valence-corrected chi connectivity index (χ4v) is 5.74. The van der Waals surface area contributed by atoms with Gasteiger partial charge < -0.3 is 5.21 Å². The monoisotopic (exact) mass is 377 g/mol. The topological polar surface area (TPSA) is 66.7 Å². The van der Waals surface area contributed by atoms with Gasteiger partial charge in [0.2, 0.25) is 0 Å². The van der Waals surface area contributed by atoms with Gasteiger partial charge in [-0.15, -0.1) is 0 Å². The average molecular weight is 378 g/mol. The maximum absolute atomic E-state index is 12.1. The molecule has 5 heteroatoms. The molecule has 1 aromatic rings. The summed E-state index contributed by atoms with van der Waals surface area (Å²) in [4.78, 5) is 0. The maximum Gasteiger partial charge on any atom is 0.152 e. The molecule has 0 spiro atoms. The number of sulfone groups is 1. The molecule has 0 aromatic heterocycles. The van der Waals surface area contributed by atoms with Crippen LogP contribution in [0.1, 0.15) is 69.1 Å². The Morgan fingerprint density at radius 3 is 2.46 bits per heavy atom. The van der Waals surface area contributed by atoms with Crippen molar-refractivity contribution in [2.45, 2.75) is 70.5 Å². The molecule has 4 nitrogen and oxygen atoms in total. The van der Waals surface area contributed by atoms with E-state index in [4.69, 9.17) is 5.21 Å². The Morgan fingerprint density at radius 2 is 1.81 bits per heavy atom. The van der Waals surface area contributed by atoms with E-state index in [0.29, 0.717) is 11.7 Å². The van der Waals surface area contributed by atoms with Crippen molar-refractivity contribution in [3.63, 3.8) is 0 Å². The zero-order valence-corrected chi connectivity index (χ0v) is 16.8. The minimum Gasteiger partial charge on any atom is -0.411 e. The van der Waals surface area contributed by atoms with Crippen molar-refractivity contribution in [1.82, 2.24) is 0 Å². The summed E-state index contributed by atoms with van der Waals surface area (Å²) in [5, 5.41) is 12.2. The number of benzene rings is 1. The summed E-state index contributed by atoms with van der Waals surface area (Å²) in [7, 11) is -2.91. The van der Waals surface area contributed by atoms with E-state index in [1.54, 1.807) is 13.8 Å². The van der Waals surface area contributed by atoms with Gasteiger partial charge in [0.25, 0.3) is 0 Å². The molecule has 0 bridgehead atoms. The van der Waals surface area contributed by atoms with Gasteiger partial charge in [0.15, 0.2) is 9.84 Å². The standard InChI is InChI=1S/C21H31NO3S/c1-15(2)26(24,25)14-18-7-4-16(5-8-18)3-6-17-9-11-20-19(13-17)10-12-21(20)22-23/h9,11,13,15-16,18,23H,3-8,10,12,14H2,1-2H3. The molecule has 1 N–H and O–H groups in total. The summed E-state index contributed by atoms with van der Waals surface area (Å²) in [6, 6.07) is 6.53. The highest BCUT2D eigenvalue weighted by molar-refractivity contribution is 7.91. The van der Waals surface area contributed by atoms with Gasteiger partial charge in [0.05, 0.1) is 16.7 Å². The van der Waals surface area contributed by atoms with Crippen LogP contribution < -0.4 is 0 Å². The second-order valence-electron chi connectivity index (χ2n) is 8.34. The van der Waals surface area contributed by atoms with Crippen molar-refractivity contribution in [3.05, 3.63) is 34.9 Å². The quantitative estimate of drug-likeness (QED) is 0.591. The summed E-state index contributed by atoms with van der Waals surface area (Å²) in [5.74, 6) is 1.45. The SMILES string of the molecule is CC(C)S(=O)(=O)CC1CCC(CCc2ccc3c(c2)CCC3=NO)CC1. The molecule has 0 amide bonds. The van der Waals surface area contributed by atoms with Gasteiger partial charge in [-0.05, 0) is 75.3 Å². The highest BCUT2D eigenvalue weighted by Gasteiger charge is 2.27. The predicted molar refractivity (Wildman–Crippen MR) is 106 cm³/mol. The van der Waals surface area contributed by atoms with Crippen molar-refractivity contribution in [2.24, 2.45) is 17.0 Å². The van der Waals surface area contributed by atoms with E-state index in [1.807, 2.05) is 0 Å². The molecule has 2 aliphatic carbocycles. The summed E-state index contributed by atoms with van der Waals surface area (Å²) in [6.45, 7) is 3.57. The second-order valence-corrected chi connectivity index (χ2v) is 10.9. The Kier molecular flexibility index (Phi) is 6.06. The number of aryl methyl sites for hydroxylation is 2. The molecule has 1 aromatic carbocycles. The molecule has 26 heavy (non-hydrogen) atoms. The highest BCUT2D eigenvalue weighted by Crippen LogP contribution is 2.33. The first-order valence-corrected chi connectivity index (χ1v) is 11.6. The largest absolute Gasteiger partial charge is 0.411 e. The zero-order chi connectivity index (χ0) is 18.7. The van der Waals surface area contributed by atoms with Crippen LogP contribution in [0.2, 0.25) is 0 Å². The lowest BCUT2D eigenvalue weighted by molar-refractivity contribution is 0.278.